The zero-order chi connectivity index (χ0) is 30.2. The summed E-state index contributed by atoms with van der Waals surface area (Å²) in [4.78, 5) is 12.9. The third kappa shape index (κ3) is 8.34. The molecule has 4 atom stereocenters. The van der Waals surface area contributed by atoms with Crippen LogP contribution in [0.4, 0.5) is 4.39 Å². The molecule has 0 N–H and O–H groups in total. The highest BCUT2D eigenvalue weighted by Gasteiger charge is 2.49. The minimum atomic E-state index is -0.886. The predicted octanol–water partition coefficient (Wildman–Crippen LogP) is 7.07. The van der Waals surface area contributed by atoms with Crippen LogP contribution in [0.5, 0.6) is 0 Å². The van der Waals surface area contributed by atoms with E-state index < -0.39 is 41.8 Å². The second-order valence-electron chi connectivity index (χ2n) is 11.3. The summed E-state index contributed by atoms with van der Waals surface area (Å²) in [6.07, 6.45) is -2.78. The van der Waals surface area contributed by atoms with Crippen molar-refractivity contribution < 1.29 is 32.9 Å². The quantitative estimate of drug-likeness (QED) is 0.160. The summed E-state index contributed by atoms with van der Waals surface area (Å²) in [5, 5.41) is 0. The largest absolute Gasteiger partial charge is 0.455 e. The van der Waals surface area contributed by atoms with Gasteiger partial charge in [0.1, 0.15) is 30.0 Å². The van der Waals surface area contributed by atoms with Gasteiger partial charge in [-0.25, -0.2) is 9.18 Å². The van der Waals surface area contributed by atoms with Crippen molar-refractivity contribution in [2.24, 2.45) is 0 Å². The molecule has 43 heavy (non-hydrogen) atoms. The van der Waals surface area contributed by atoms with Gasteiger partial charge in [0.15, 0.2) is 11.5 Å². The molecule has 0 unspecified atom stereocenters. The molecule has 0 radical (unpaired) electrons. The summed E-state index contributed by atoms with van der Waals surface area (Å²) < 4.78 is 50.8. The van der Waals surface area contributed by atoms with E-state index in [0.717, 1.165) is 28.2 Å². The molecule has 1 aliphatic heterocycles. The van der Waals surface area contributed by atoms with E-state index in [1.165, 1.54) is 0 Å². The van der Waals surface area contributed by atoms with Crippen molar-refractivity contribution in [3.8, 4) is 0 Å². The van der Waals surface area contributed by atoms with Gasteiger partial charge in [0.25, 0.3) is 0 Å². The molecule has 1 aliphatic rings. The first-order valence-corrected chi connectivity index (χ1v) is 15.0. The van der Waals surface area contributed by atoms with Crippen LogP contribution < -0.4 is 0 Å². The van der Waals surface area contributed by atoms with Gasteiger partial charge >= 0.3 is 5.97 Å². The minimum absolute atomic E-state index is 0.151. The van der Waals surface area contributed by atoms with Gasteiger partial charge in [0.2, 0.25) is 0 Å². The van der Waals surface area contributed by atoms with Gasteiger partial charge in [-0.05, 0) is 49.0 Å². The van der Waals surface area contributed by atoms with Crippen LogP contribution in [-0.4, -0.2) is 40.9 Å². The second kappa shape index (κ2) is 14.3. The molecular weight excluding hydrogens is 569 g/mol. The number of hydrogen-bond acceptors (Lipinski definition) is 8. The first-order chi connectivity index (χ1) is 20.8. The molecule has 9 heteroatoms. The Balaban J connectivity index is 1.42. The lowest BCUT2D eigenvalue weighted by Gasteiger charge is -2.25. The van der Waals surface area contributed by atoms with E-state index in [9.17, 15) is 4.79 Å². The maximum Gasteiger partial charge on any atom is 0.361 e. The summed E-state index contributed by atoms with van der Waals surface area (Å²) in [5.74, 6) is -1.60. The molecule has 226 valence electrons. The normalized spacial score (nSPS) is 20.3. The van der Waals surface area contributed by atoms with Crippen LogP contribution in [0.2, 0.25) is 0 Å². The third-order valence-corrected chi connectivity index (χ3v) is 7.67. The Morgan fingerprint density at radius 1 is 0.814 bits per heavy atom. The highest BCUT2D eigenvalue weighted by molar-refractivity contribution is 7.06. The van der Waals surface area contributed by atoms with Crippen LogP contribution in [0.25, 0.3) is 0 Å². The van der Waals surface area contributed by atoms with Gasteiger partial charge in [0, 0.05) is 0 Å². The average Bonchev–Trinajstić information content (AvgIpc) is 3.55. The summed E-state index contributed by atoms with van der Waals surface area (Å²) in [6, 6.07) is 29.3. The maximum absolute atomic E-state index is 15.9. The van der Waals surface area contributed by atoms with Crippen molar-refractivity contribution >= 4 is 17.5 Å². The van der Waals surface area contributed by atoms with Crippen molar-refractivity contribution in [2.75, 3.05) is 6.61 Å². The van der Waals surface area contributed by atoms with E-state index in [2.05, 4.69) is 4.37 Å². The van der Waals surface area contributed by atoms with E-state index in [1.807, 2.05) is 91.0 Å². The fraction of sp³-hybridized carbons (Fsp3) is 0.353. The lowest BCUT2D eigenvalue weighted by molar-refractivity contribution is -0.0898. The Labute approximate surface area is 255 Å². The molecule has 3 aromatic carbocycles. The topological polar surface area (TPSA) is 76.1 Å². The smallest absolute Gasteiger partial charge is 0.361 e. The molecular formula is C34H36FNO6S. The molecule has 4 aromatic rings. The van der Waals surface area contributed by atoms with Gasteiger partial charge in [-0.2, -0.15) is 4.37 Å². The number of halogens is 1. The van der Waals surface area contributed by atoms with E-state index in [-0.39, 0.29) is 23.8 Å². The molecule has 2 heterocycles. The number of esters is 1. The molecule has 5 rings (SSSR count). The Morgan fingerprint density at radius 2 is 1.33 bits per heavy atom. The molecule has 0 spiro atoms. The number of carbonyl (C=O) groups excluding carboxylic acids is 1. The molecule has 7 nitrogen and oxygen atoms in total. The Kier molecular flexibility index (Phi) is 10.3. The molecule has 1 fully saturated rings. The first-order valence-electron chi connectivity index (χ1n) is 14.2. The fourth-order valence-corrected chi connectivity index (χ4v) is 5.59. The number of carbonyl (C=O) groups is 1. The van der Waals surface area contributed by atoms with Crippen LogP contribution in [-0.2, 0) is 43.5 Å². The third-order valence-electron chi connectivity index (χ3n) is 6.78. The minimum Gasteiger partial charge on any atom is -0.455 e. The van der Waals surface area contributed by atoms with Crippen molar-refractivity contribution in [1.29, 1.82) is 0 Å². The van der Waals surface area contributed by atoms with Gasteiger partial charge < -0.3 is 23.7 Å². The monoisotopic (exact) mass is 605 g/mol. The molecule has 0 aliphatic carbocycles. The molecule has 0 amide bonds. The van der Waals surface area contributed by atoms with Crippen molar-refractivity contribution in [3.05, 3.63) is 124 Å². The number of ether oxygens (including phenoxy) is 5. The van der Waals surface area contributed by atoms with Gasteiger partial charge in [-0.1, -0.05) is 91.0 Å². The molecule has 1 saturated heterocycles. The van der Waals surface area contributed by atoms with Crippen LogP contribution in [0.1, 0.15) is 58.9 Å². The van der Waals surface area contributed by atoms with Crippen LogP contribution in [0.3, 0.4) is 0 Å². The van der Waals surface area contributed by atoms with Crippen molar-refractivity contribution in [1.82, 2.24) is 4.37 Å². The van der Waals surface area contributed by atoms with E-state index in [1.54, 1.807) is 20.8 Å². The lowest BCUT2D eigenvalue weighted by atomic mass is 10.1. The summed E-state index contributed by atoms with van der Waals surface area (Å²) in [5.41, 5.74) is 1.78. The van der Waals surface area contributed by atoms with Crippen molar-refractivity contribution in [3.63, 3.8) is 0 Å². The van der Waals surface area contributed by atoms with Crippen LogP contribution >= 0.6 is 11.5 Å². The number of hydrogen-bond donors (Lipinski definition) is 0. The van der Waals surface area contributed by atoms with E-state index >= 15 is 4.39 Å². The zero-order valence-electron chi connectivity index (χ0n) is 24.5. The highest BCUT2D eigenvalue weighted by atomic mass is 32.1. The zero-order valence-corrected chi connectivity index (χ0v) is 25.3. The SMILES string of the molecule is CC(C)(C)OC(=O)c1nsc([C@@H]2O[C@H](COCc3ccccc3)[C@@H](OCc3ccccc3)[C@H]2OCc2ccccc2)c1F. The van der Waals surface area contributed by atoms with Crippen LogP contribution in [0, 0.1) is 5.82 Å². The Bertz CT molecular complexity index is 1440. The number of aromatic nitrogens is 1. The second-order valence-corrected chi connectivity index (χ2v) is 12.1. The first kappa shape index (κ1) is 31.0. The highest BCUT2D eigenvalue weighted by Crippen LogP contribution is 2.41. The Morgan fingerprint density at radius 3 is 1.86 bits per heavy atom. The van der Waals surface area contributed by atoms with Crippen molar-refractivity contribution in [2.45, 2.75) is 70.6 Å². The van der Waals surface area contributed by atoms with E-state index in [4.69, 9.17) is 23.7 Å². The summed E-state index contributed by atoms with van der Waals surface area (Å²) in [6.45, 7) is 6.29. The van der Waals surface area contributed by atoms with Crippen LogP contribution in [0.15, 0.2) is 91.0 Å². The number of rotatable bonds is 12. The van der Waals surface area contributed by atoms with E-state index in [0.29, 0.717) is 13.2 Å². The standard InChI is InChI=1S/C34H36FNO6S/c1-34(2,3)42-33(37)28-27(35)32(43-36-28)31-30(40-21-25-17-11-6-12-18-25)29(39-20-24-15-9-5-10-16-24)26(41-31)22-38-19-23-13-7-4-8-14-23/h4-18,26,29-31H,19-22H2,1-3H3/t26-,29-,30-,31-/m1/s1. The fourth-order valence-electron chi connectivity index (χ4n) is 4.78. The van der Waals surface area contributed by atoms with Gasteiger partial charge in [-0.3, -0.25) is 0 Å². The molecule has 0 bridgehead atoms. The summed E-state index contributed by atoms with van der Waals surface area (Å²) in [7, 11) is 0. The molecule has 0 saturated carbocycles. The predicted molar refractivity (Wildman–Crippen MR) is 161 cm³/mol. The number of benzene rings is 3. The van der Waals surface area contributed by atoms with Gasteiger partial charge in [-0.15, -0.1) is 0 Å². The average molecular weight is 606 g/mol. The molecule has 1 aromatic heterocycles. The van der Waals surface area contributed by atoms with Gasteiger partial charge in [0.05, 0.1) is 31.3 Å². The number of nitrogens with zero attached hydrogens (tertiary/aromatic N) is 1. The maximum atomic E-state index is 15.9. The lowest BCUT2D eigenvalue weighted by Crippen LogP contribution is -2.37. The summed E-state index contributed by atoms with van der Waals surface area (Å²) >= 11 is 0.865. The Hall–Kier alpha value is -3.47.